The minimum absolute atomic E-state index is 0.0377. The van der Waals surface area contributed by atoms with Crippen LogP contribution in [-0.2, 0) is 28.7 Å². The molecular formula is C14H15N3O6S. The van der Waals surface area contributed by atoms with E-state index in [-0.39, 0.29) is 16.3 Å². The number of ketones is 1. The van der Waals surface area contributed by atoms with Crippen LogP contribution >= 0.6 is 11.8 Å². The van der Waals surface area contributed by atoms with E-state index in [1.807, 2.05) is 0 Å². The maximum absolute atomic E-state index is 12.2. The summed E-state index contributed by atoms with van der Waals surface area (Å²) in [5.41, 5.74) is 8.20. The predicted molar refractivity (Wildman–Crippen MR) is 81.1 cm³/mol. The highest BCUT2D eigenvalue weighted by molar-refractivity contribution is 8.15. The van der Waals surface area contributed by atoms with Crippen molar-refractivity contribution < 1.29 is 33.4 Å². The number of hydrogen-bond donors (Lipinski definition) is 0. The number of Topliss-reactive ketones (excluding diaryl/α,β-unsaturated/α-hetero) is 1. The van der Waals surface area contributed by atoms with Gasteiger partial charge in [0.1, 0.15) is 5.70 Å². The molecule has 2 aliphatic heterocycles. The maximum Gasteiger partial charge on any atom is 0.358 e. The molecule has 0 spiro atoms. The molecule has 1 atom stereocenters. The molecule has 2 aliphatic rings. The molecule has 2 rings (SSSR count). The highest BCUT2D eigenvalue weighted by Gasteiger charge is 2.56. The first-order valence-electron chi connectivity index (χ1n) is 6.91. The summed E-state index contributed by atoms with van der Waals surface area (Å²) in [7, 11) is 0. The molecule has 0 unspecified atom stereocenters. The van der Waals surface area contributed by atoms with Gasteiger partial charge in [0.05, 0.1) is 11.0 Å². The number of β-lactam (4-membered cyclic amide) rings is 1. The van der Waals surface area contributed by atoms with E-state index in [4.69, 9.17) is 15.0 Å². The fourth-order valence-corrected chi connectivity index (χ4v) is 3.00. The van der Waals surface area contributed by atoms with Gasteiger partial charge in [-0.2, -0.15) is 4.79 Å². The fraction of sp³-hybridized carbons (Fsp3) is 0.500. The number of ether oxygens (including phenoxy) is 2. The number of carbonyl (C=O) groups is 4. The standard InChI is InChI=1S/C14H15N3O6S/c1-6-7(12(20)22-5-23-13(21)14(2,3)4)17-10(19)8(18)11(17)24-9(6)16-15/h11H,5H2,1-4H3/t11-/m0/s1. The zero-order valence-electron chi connectivity index (χ0n) is 13.5. The fourth-order valence-electron chi connectivity index (χ4n) is 1.95. The molecule has 1 amide bonds. The zero-order chi connectivity index (χ0) is 18.2. The van der Waals surface area contributed by atoms with Gasteiger partial charge < -0.3 is 15.0 Å². The Labute approximate surface area is 141 Å². The van der Waals surface area contributed by atoms with E-state index in [2.05, 4.69) is 4.79 Å². The summed E-state index contributed by atoms with van der Waals surface area (Å²) < 4.78 is 9.68. The maximum atomic E-state index is 12.2. The predicted octanol–water partition coefficient (Wildman–Crippen LogP) is 0.463. The SMILES string of the molecule is CC1=C(C(=O)OCOC(=O)C(C)(C)C)N2C(=O)C(=O)[C@@H]2SC1=[N+]=[N-]. The Balaban J connectivity index is 2.14. The van der Waals surface area contributed by atoms with Crippen molar-refractivity contribution in [3.05, 3.63) is 16.8 Å². The summed E-state index contributed by atoms with van der Waals surface area (Å²) in [4.78, 5) is 51.1. The van der Waals surface area contributed by atoms with E-state index >= 15 is 0 Å². The Morgan fingerprint density at radius 2 is 1.92 bits per heavy atom. The number of amides is 1. The van der Waals surface area contributed by atoms with Crippen LogP contribution in [0.2, 0.25) is 0 Å². The molecular weight excluding hydrogens is 338 g/mol. The van der Waals surface area contributed by atoms with Crippen LogP contribution in [0, 0.1) is 5.41 Å². The van der Waals surface area contributed by atoms with Crippen LogP contribution in [0.3, 0.4) is 0 Å². The lowest BCUT2D eigenvalue weighted by molar-refractivity contribution is -0.173. The molecule has 10 heteroatoms. The van der Waals surface area contributed by atoms with Crippen molar-refractivity contribution in [1.29, 1.82) is 0 Å². The van der Waals surface area contributed by atoms with E-state index in [0.29, 0.717) is 0 Å². The lowest BCUT2D eigenvalue weighted by atomic mass is 9.98. The van der Waals surface area contributed by atoms with Crippen LogP contribution in [-0.4, -0.2) is 50.5 Å². The molecule has 128 valence electrons. The molecule has 2 heterocycles. The number of nitrogens with zero attached hydrogens (tertiary/aromatic N) is 3. The third-order valence-electron chi connectivity index (χ3n) is 3.31. The van der Waals surface area contributed by atoms with Crippen molar-refractivity contribution in [3.8, 4) is 0 Å². The molecule has 0 aromatic rings. The Kier molecular flexibility index (Phi) is 4.63. The Bertz CT molecular complexity index is 729. The van der Waals surface area contributed by atoms with Crippen LogP contribution in [0.5, 0.6) is 0 Å². The minimum Gasteiger partial charge on any atom is -0.427 e. The Morgan fingerprint density at radius 1 is 1.29 bits per heavy atom. The highest BCUT2D eigenvalue weighted by Crippen LogP contribution is 2.39. The van der Waals surface area contributed by atoms with E-state index in [9.17, 15) is 19.2 Å². The number of fused-ring (bicyclic) bond motifs is 1. The van der Waals surface area contributed by atoms with E-state index in [1.54, 1.807) is 20.8 Å². The third kappa shape index (κ3) is 2.98. The first-order valence-corrected chi connectivity index (χ1v) is 7.79. The second-order valence-electron chi connectivity index (χ2n) is 6.12. The number of hydrogen-bond acceptors (Lipinski definition) is 7. The lowest BCUT2D eigenvalue weighted by Crippen LogP contribution is -2.62. The largest absolute Gasteiger partial charge is 0.427 e. The van der Waals surface area contributed by atoms with Crippen LogP contribution in [0.4, 0.5) is 0 Å². The van der Waals surface area contributed by atoms with Gasteiger partial charge in [0, 0.05) is 0 Å². The first-order chi connectivity index (χ1) is 11.1. The van der Waals surface area contributed by atoms with Crippen LogP contribution in [0.15, 0.2) is 11.3 Å². The molecule has 0 saturated carbocycles. The van der Waals surface area contributed by atoms with Crippen molar-refractivity contribution in [3.63, 3.8) is 0 Å². The summed E-state index contributed by atoms with van der Waals surface area (Å²) in [6.45, 7) is 5.74. The van der Waals surface area contributed by atoms with Crippen LogP contribution < -0.4 is 0 Å². The van der Waals surface area contributed by atoms with Gasteiger partial charge in [-0.1, -0.05) is 0 Å². The van der Waals surface area contributed by atoms with Gasteiger partial charge in [-0.3, -0.25) is 19.3 Å². The second kappa shape index (κ2) is 6.21. The molecule has 0 aliphatic carbocycles. The molecule has 1 fully saturated rings. The summed E-state index contributed by atoms with van der Waals surface area (Å²) >= 11 is 0.859. The second-order valence-corrected chi connectivity index (χ2v) is 7.19. The van der Waals surface area contributed by atoms with Crippen LogP contribution in [0.25, 0.3) is 5.53 Å². The zero-order valence-corrected chi connectivity index (χ0v) is 14.3. The molecule has 9 nitrogen and oxygen atoms in total. The summed E-state index contributed by atoms with van der Waals surface area (Å²) in [5.74, 6) is -3.06. The van der Waals surface area contributed by atoms with Gasteiger partial charge in [-0.05, 0) is 39.5 Å². The highest BCUT2D eigenvalue weighted by atomic mass is 32.2. The van der Waals surface area contributed by atoms with Crippen LogP contribution in [0.1, 0.15) is 27.7 Å². The van der Waals surface area contributed by atoms with Gasteiger partial charge in [-0.25, -0.2) is 4.79 Å². The average Bonchev–Trinajstić information content (AvgIpc) is 2.52. The summed E-state index contributed by atoms with van der Waals surface area (Å²) in [6.07, 6.45) is 0. The monoisotopic (exact) mass is 353 g/mol. The normalized spacial score (nSPS) is 20.2. The molecule has 1 saturated heterocycles. The van der Waals surface area contributed by atoms with Crippen molar-refractivity contribution >= 4 is 40.4 Å². The molecule has 0 aromatic carbocycles. The minimum atomic E-state index is -0.957. The van der Waals surface area contributed by atoms with E-state index < -0.39 is 41.2 Å². The van der Waals surface area contributed by atoms with Crippen molar-refractivity contribution in [2.24, 2.45) is 5.41 Å². The van der Waals surface area contributed by atoms with Crippen molar-refractivity contribution in [1.82, 2.24) is 4.90 Å². The molecule has 0 radical (unpaired) electrons. The third-order valence-corrected chi connectivity index (χ3v) is 4.56. The van der Waals surface area contributed by atoms with E-state index in [0.717, 1.165) is 16.7 Å². The van der Waals surface area contributed by atoms with Gasteiger partial charge >= 0.3 is 17.0 Å². The Morgan fingerprint density at radius 3 is 2.46 bits per heavy atom. The first kappa shape index (κ1) is 17.9. The van der Waals surface area contributed by atoms with Gasteiger partial charge in [0.25, 0.3) is 11.7 Å². The topological polar surface area (TPSA) is 126 Å². The summed E-state index contributed by atoms with van der Waals surface area (Å²) in [5, 5.41) is -0.914. The van der Waals surface area contributed by atoms with E-state index in [1.165, 1.54) is 6.92 Å². The lowest BCUT2D eigenvalue weighted by Gasteiger charge is -2.39. The number of esters is 2. The van der Waals surface area contributed by atoms with Crippen molar-refractivity contribution in [2.45, 2.75) is 33.1 Å². The molecule has 0 aromatic heterocycles. The number of rotatable bonds is 3. The molecule has 0 N–H and O–H groups in total. The summed E-state index contributed by atoms with van der Waals surface area (Å²) in [6, 6.07) is 0. The number of thioether (sulfide) groups is 1. The quantitative estimate of drug-likeness (QED) is 0.180. The average molecular weight is 353 g/mol. The molecule has 24 heavy (non-hydrogen) atoms. The van der Waals surface area contributed by atoms with Crippen molar-refractivity contribution in [2.75, 3.05) is 6.79 Å². The smallest absolute Gasteiger partial charge is 0.358 e. The van der Waals surface area contributed by atoms with Gasteiger partial charge in [-0.15, -0.1) is 0 Å². The van der Waals surface area contributed by atoms with Gasteiger partial charge in [0.2, 0.25) is 6.79 Å². The van der Waals surface area contributed by atoms with Gasteiger partial charge in [0.15, 0.2) is 5.37 Å². The number of carbonyl (C=O) groups excluding carboxylic acids is 4. The Hall–Kier alpha value is -2.45. The molecule has 0 bridgehead atoms.